The number of hydrogen-bond donors (Lipinski definition) is 1. The number of carbonyl (C=O) groups excluding carboxylic acids is 1. The van der Waals surface area contributed by atoms with E-state index in [2.05, 4.69) is 15.5 Å². The Morgan fingerprint density at radius 1 is 1.00 bits per heavy atom. The maximum atomic E-state index is 12.0. The molecular formula is C23H18ClN3O4. The minimum absolute atomic E-state index is 0.131. The van der Waals surface area contributed by atoms with Crippen molar-refractivity contribution < 1.29 is 18.8 Å². The average molecular weight is 436 g/mol. The summed E-state index contributed by atoms with van der Waals surface area (Å²) in [6, 6.07) is 21.3. The number of halogens is 1. The summed E-state index contributed by atoms with van der Waals surface area (Å²) in [6.07, 6.45) is 0. The van der Waals surface area contributed by atoms with Crippen LogP contribution in [-0.2, 0) is 4.79 Å². The van der Waals surface area contributed by atoms with Gasteiger partial charge in [0.05, 0.1) is 7.11 Å². The van der Waals surface area contributed by atoms with Crippen LogP contribution in [0.4, 0.5) is 5.69 Å². The molecule has 7 nitrogen and oxygen atoms in total. The molecule has 0 aliphatic rings. The number of rotatable bonds is 7. The van der Waals surface area contributed by atoms with E-state index in [-0.39, 0.29) is 12.5 Å². The minimum Gasteiger partial charge on any atom is -0.497 e. The summed E-state index contributed by atoms with van der Waals surface area (Å²) in [5.41, 5.74) is 2.17. The van der Waals surface area contributed by atoms with E-state index in [0.717, 1.165) is 16.9 Å². The highest BCUT2D eigenvalue weighted by Crippen LogP contribution is 2.25. The molecule has 1 amide bonds. The van der Waals surface area contributed by atoms with Crippen molar-refractivity contribution >= 4 is 23.2 Å². The van der Waals surface area contributed by atoms with E-state index >= 15 is 0 Å². The lowest BCUT2D eigenvalue weighted by molar-refractivity contribution is -0.118. The van der Waals surface area contributed by atoms with E-state index in [0.29, 0.717) is 28.2 Å². The second kappa shape index (κ2) is 9.32. The van der Waals surface area contributed by atoms with Crippen molar-refractivity contribution in [2.45, 2.75) is 0 Å². The van der Waals surface area contributed by atoms with Gasteiger partial charge < -0.3 is 19.3 Å². The molecule has 0 radical (unpaired) electrons. The molecule has 1 aromatic heterocycles. The molecule has 0 spiro atoms. The Kier molecular flexibility index (Phi) is 6.14. The summed E-state index contributed by atoms with van der Waals surface area (Å²) in [5, 5.41) is 7.30. The van der Waals surface area contributed by atoms with Gasteiger partial charge in [0.25, 0.3) is 11.8 Å². The van der Waals surface area contributed by atoms with Gasteiger partial charge in [-0.1, -0.05) is 22.8 Å². The SMILES string of the molecule is COc1ccc(-c2noc(-c3ccc(OCC(=O)Nc4cccc(Cl)c4)cc3)n2)cc1. The molecule has 0 saturated carbocycles. The largest absolute Gasteiger partial charge is 0.497 e. The fourth-order valence-corrected chi connectivity index (χ4v) is 2.99. The highest BCUT2D eigenvalue weighted by atomic mass is 35.5. The van der Waals surface area contributed by atoms with Gasteiger partial charge in [0.15, 0.2) is 6.61 Å². The van der Waals surface area contributed by atoms with Crippen molar-refractivity contribution in [2.24, 2.45) is 0 Å². The maximum absolute atomic E-state index is 12.0. The zero-order valence-electron chi connectivity index (χ0n) is 16.5. The van der Waals surface area contributed by atoms with Crippen LogP contribution in [0.5, 0.6) is 11.5 Å². The molecule has 0 fully saturated rings. The lowest BCUT2D eigenvalue weighted by atomic mass is 10.2. The topological polar surface area (TPSA) is 86.5 Å². The van der Waals surface area contributed by atoms with Crippen molar-refractivity contribution in [2.75, 3.05) is 19.0 Å². The number of carbonyl (C=O) groups is 1. The molecule has 0 saturated heterocycles. The first-order chi connectivity index (χ1) is 15.1. The van der Waals surface area contributed by atoms with Crippen LogP contribution in [-0.4, -0.2) is 29.8 Å². The standard InChI is InChI=1S/C23H18ClN3O4/c1-29-19-9-5-15(6-10-19)22-26-23(31-27-22)16-7-11-20(12-8-16)30-14-21(28)25-18-4-2-3-17(24)13-18/h2-13H,14H2,1H3,(H,25,28). The van der Waals surface area contributed by atoms with Crippen LogP contribution in [0.2, 0.25) is 5.02 Å². The summed E-state index contributed by atoms with van der Waals surface area (Å²) >= 11 is 5.91. The van der Waals surface area contributed by atoms with Gasteiger partial charge in [-0.2, -0.15) is 4.98 Å². The molecule has 0 aliphatic heterocycles. The lowest BCUT2D eigenvalue weighted by Gasteiger charge is -2.08. The summed E-state index contributed by atoms with van der Waals surface area (Å²) in [7, 11) is 1.61. The van der Waals surface area contributed by atoms with Gasteiger partial charge in [-0.3, -0.25) is 4.79 Å². The van der Waals surface area contributed by atoms with Crippen molar-refractivity contribution in [1.29, 1.82) is 0 Å². The number of nitrogens with one attached hydrogen (secondary N) is 1. The van der Waals surface area contributed by atoms with Crippen molar-refractivity contribution in [3.8, 4) is 34.3 Å². The predicted molar refractivity (Wildman–Crippen MR) is 117 cm³/mol. The molecule has 156 valence electrons. The molecule has 3 aromatic carbocycles. The van der Waals surface area contributed by atoms with Gasteiger partial charge in [0, 0.05) is 21.8 Å². The van der Waals surface area contributed by atoms with E-state index in [1.165, 1.54) is 0 Å². The Bertz CT molecular complexity index is 1170. The predicted octanol–water partition coefficient (Wildman–Crippen LogP) is 5.08. The van der Waals surface area contributed by atoms with Crippen LogP contribution in [0.1, 0.15) is 0 Å². The first-order valence-electron chi connectivity index (χ1n) is 9.37. The molecule has 0 bridgehead atoms. The second-order valence-corrected chi connectivity index (χ2v) is 6.96. The van der Waals surface area contributed by atoms with Gasteiger partial charge in [0.1, 0.15) is 11.5 Å². The highest BCUT2D eigenvalue weighted by molar-refractivity contribution is 6.30. The quantitative estimate of drug-likeness (QED) is 0.435. The zero-order chi connectivity index (χ0) is 21.6. The van der Waals surface area contributed by atoms with E-state index in [4.69, 9.17) is 25.6 Å². The third-order valence-corrected chi connectivity index (χ3v) is 4.59. The van der Waals surface area contributed by atoms with Crippen LogP contribution in [0.15, 0.2) is 77.3 Å². The van der Waals surface area contributed by atoms with Crippen LogP contribution < -0.4 is 14.8 Å². The number of amides is 1. The molecular weight excluding hydrogens is 418 g/mol. The Labute approximate surface area is 183 Å². The molecule has 0 atom stereocenters. The van der Waals surface area contributed by atoms with Gasteiger partial charge in [-0.25, -0.2) is 0 Å². The Balaban J connectivity index is 1.36. The molecule has 4 aromatic rings. The van der Waals surface area contributed by atoms with Crippen LogP contribution in [0, 0.1) is 0 Å². The summed E-state index contributed by atoms with van der Waals surface area (Å²) in [4.78, 5) is 16.5. The van der Waals surface area contributed by atoms with Gasteiger partial charge in [0.2, 0.25) is 5.82 Å². The second-order valence-electron chi connectivity index (χ2n) is 6.52. The van der Waals surface area contributed by atoms with Crippen LogP contribution in [0.25, 0.3) is 22.8 Å². The summed E-state index contributed by atoms with van der Waals surface area (Å²) < 4.78 is 16.1. The van der Waals surface area contributed by atoms with E-state index in [1.54, 1.807) is 55.6 Å². The molecule has 1 N–H and O–H groups in total. The third-order valence-electron chi connectivity index (χ3n) is 4.35. The fraction of sp³-hybridized carbons (Fsp3) is 0.0870. The molecule has 4 rings (SSSR count). The summed E-state index contributed by atoms with van der Waals surface area (Å²) in [5.74, 6) is 1.88. The van der Waals surface area contributed by atoms with Crippen molar-refractivity contribution in [3.63, 3.8) is 0 Å². The number of methoxy groups -OCH3 is 1. The molecule has 31 heavy (non-hydrogen) atoms. The van der Waals surface area contributed by atoms with Gasteiger partial charge in [-0.05, 0) is 66.7 Å². The molecule has 0 aliphatic carbocycles. The van der Waals surface area contributed by atoms with E-state index < -0.39 is 0 Å². The average Bonchev–Trinajstić information content (AvgIpc) is 3.28. The fourth-order valence-electron chi connectivity index (χ4n) is 2.80. The Morgan fingerprint density at radius 3 is 2.42 bits per heavy atom. The number of anilines is 1. The first-order valence-corrected chi connectivity index (χ1v) is 9.75. The van der Waals surface area contributed by atoms with Crippen LogP contribution in [0.3, 0.4) is 0 Å². The molecule has 1 heterocycles. The number of nitrogens with zero attached hydrogens (tertiary/aromatic N) is 2. The number of aromatic nitrogens is 2. The van der Waals surface area contributed by atoms with Crippen molar-refractivity contribution in [1.82, 2.24) is 10.1 Å². The van der Waals surface area contributed by atoms with Gasteiger partial charge in [-0.15, -0.1) is 0 Å². The zero-order valence-corrected chi connectivity index (χ0v) is 17.3. The maximum Gasteiger partial charge on any atom is 0.262 e. The molecule has 0 unspecified atom stereocenters. The number of benzene rings is 3. The third kappa shape index (κ3) is 5.21. The Hall–Kier alpha value is -3.84. The smallest absolute Gasteiger partial charge is 0.262 e. The Morgan fingerprint density at radius 2 is 1.71 bits per heavy atom. The lowest BCUT2D eigenvalue weighted by Crippen LogP contribution is -2.20. The molecule has 8 heteroatoms. The van der Waals surface area contributed by atoms with Crippen LogP contribution >= 0.6 is 11.6 Å². The van der Waals surface area contributed by atoms with E-state index in [9.17, 15) is 4.79 Å². The number of hydrogen-bond acceptors (Lipinski definition) is 6. The monoisotopic (exact) mass is 435 g/mol. The van der Waals surface area contributed by atoms with Gasteiger partial charge >= 0.3 is 0 Å². The summed E-state index contributed by atoms with van der Waals surface area (Å²) in [6.45, 7) is -0.131. The first kappa shape index (κ1) is 20.4. The minimum atomic E-state index is -0.285. The van der Waals surface area contributed by atoms with E-state index in [1.807, 2.05) is 24.3 Å². The normalized spacial score (nSPS) is 10.5. The van der Waals surface area contributed by atoms with Crippen molar-refractivity contribution in [3.05, 3.63) is 77.8 Å². The number of ether oxygens (including phenoxy) is 2. The highest BCUT2D eigenvalue weighted by Gasteiger charge is 2.11.